The molecule has 1 aliphatic heterocycles. The van der Waals surface area contributed by atoms with Gasteiger partial charge in [0.15, 0.2) is 0 Å². The molecule has 100 valence electrons. The minimum atomic E-state index is -0.343. The predicted octanol–water partition coefficient (Wildman–Crippen LogP) is 1.33. The smallest absolute Gasteiger partial charge is 0.240 e. The highest BCUT2D eigenvalue weighted by atomic mass is 16.2. The van der Waals surface area contributed by atoms with Crippen molar-refractivity contribution in [2.75, 3.05) is 13.1 Å². The molecule has 0 aromatic heterocycles. The number of rotatable bonds is 4. The summed E-state index contributed by atoms with van der Waals surface area (Å²) in [5.74, 6) is 0.0515. The van der Waals surface area contributed by atoms with Crippen molar-refractivity contribution >= 4 is 5.91 Å². The zero-order chi connectivity index (χ0) is 13.7. The molecule has 19 heavy (non-hydrogen) atoms. The monoisotopic (exact) mass is 257 g/mol. The number of piperazine rings is 1. The van der Waals surface area contributed by atoms with Gasteiger partial charge in [-0.15, -0.1) is 0 Å². The zero-order valence-electron chi connectivity index (χ0n) is 11.2. The van der Waals surface area contributed by atoms with E-state index in [-0.39, 0.29) is 24.4 Å². The maximum absolute atomic E-state index is 12.2. The van der Waals surface area contributed by atoms with E-state index in [1.807, 2.05) is 30.0 Å². The second kappa shape index (κ2) is 6.35. The lowest BCUT2D eigenvalue weighted by Gasteiger charge is -2.36. The molecular formula is C15H19N3O. The molecule has 2 unspecified atom stereocenters. The summed E-state index contributed by atoms with van der Waals surface area (Å²) in [5.41, 5.74) is 1.23. The number of nitriles is 1. The second-order valence-corrected chi connectivity index (χ2v) is 5.00. The standard InChI is InChI=1S/C15H19N3O/c1-12-11-18(15(19)14(17-12)7-9-16)10-8-13-5-3-2-4-6-13/h2-6,12,14,17H,7-8,10-11H2,1H3. The van der Waals surface area contributed by atoms with E-state index in [0.717, 1.165) is 13.0 Å². The van der Waals surface area contributed by atoms with Gasteiger partial charge in [0.2, 0.25) is 5.91 Å². The summed E-state index contributed by atoms with van der Waals surface area (Å²) >= 11 is 0. The van der Waals surface area contributed by atoms with Crippen molar-refractivity contribution in [1.82, 2.24) is 10.2 Å². The Morgan fingerprint density at radius 3 is 2.84 bits per heavy atom. The van der Waals surface area contributed by atoms with Crippen LogP contribution in [-0.4, -0.2) is 36.0 Å². The summed E-state index contributed by atoms with van der Waals surface area (Å²) in [6.45, 7) is 3.48. The Hall–Kier alpha value is -1.86. The van der Waals surface area contributed by atoms with Gasteiger partial charge in [-0.1, -0.05) is 30.3 Å². The Bertz CT molecular complexity index is 466. The maximum Gasteiger partial charge on any atom is 0.240 e. The van der Waals surface area contributed by atoms with E-state index in [2.05, 4.69) is 23.5 Å². The Kier molecular flexibility index (Phi) is 4.53. The van der Waals surface area contributed by atoms with Gasteiger partial charge in [-0.05, 0) is 18.9 Å². The van der Waals surface area contributed by atoms with Crippen LogP contribution in [0.15, 0.2) is 30.3 Å². The minimum absolute atomic E-state index is 0.0515. The van der Waals surface area contributed by atoms with E-state index in [1.54, 1.807) is 0 Å². The minimum Gasteiger partial charge on any atom is -0.339 e. The number of amides is 1. The molecule has 4 heteroatoms. The molecule has 4 nitrogen and oxygen atoms in total. The highest BCUT2D eigenvalue weighted by Crippen LogP contribution is 2.10. The molecule has 0 radical (unpaired) electrons. The highest BCUT2D eigenvalue weighted by Gasteiger charge is 2.31. The molecule has 1 heterocycles. The summed E-state index contributed by atoms with van der Waals surface area (Å²) in [4.78, 5) is 14.1. The molecule has 0 bridgehead atoms. The van der Waals surface area contributed by atoms with Crippen LogP contribution < -0.4 is 5.32 Å². The van der Waals surface area contributed by atoms with E-state index < -0.39 is 0 Å². The maximum atomic E-state index is 12.2. The number of hydrogen-bond acceptors (Lipinski definition) is 3. The van der Waals surface area contributed by atoms with Gasteiger partial charge < -0.3 is 10.2 Å². The number of carbonyl (C=O) groups is 1. The molecule has 1 N–H and O–H groups in total. The van der Waals surface area contributed by atoms with Gasteiger partial charge in [0.05, 0.1) is 12.5 Å². The first-order chi connectivity index (χ1) is 9.20. The van der Waals surface area contributed by atoms with E-state index in [1.165, 1.54) is 5.56 Å². The first-order valence-corrected chi connectivity index (χ1v) is 6.66. The third-order valence-electron chi connectivity index (χ3n) is 3.40. The lowest BCUT2D eigenvalue weighted by molar-refractivity contribution is -0.136. The van der Waals surface area contributed by atoms with Crippen LogP contribution in [0.25, 0.3) is 0 Å². The molecule has 1 amide bonds. The summed E-state index contributed by atoms with van der Waals surface area (Å²) < 4.78 is 0. The van der Waals surface area contributed by atoms with Crippen LogP contribution in [0.4, 0.5) is 0 Å². The van der Waals surface area contributed by atoms with Crippen LogP contribution >= 0.6 is 0 Å². The number of nitrogens with zero attached hydrogens (tertiary/aromatic N) is 2. The van der Waals surface area contributed by atoms with Gasteiger partial charge in [-0.3, -0.25) is 4.79 Å². The molecule has 1 saturated heterocycles. The molecule has 0 aliphatic carbocycles. The number of carbonyl (C=O) groups excluding carboxylic acids is 1. The molecule has 2 atom stereocenters. The van der Waals surface area contributed by atoms with Gasteiger partial charge in [0, 0.05) is 19.1 Å². The lowest BCUT2D eigenvalue weighted by Crippen LogP contribution is -2.59. The van der Waals surface area contributed by atoms with Crippen LogP contribution in [0.1, 0.15) is 18.9 Å². The topological polar surface area (TPSA) is 56.1 Å². The Morgan fingerprint density at radius 1 is 1.42 bits per heavy atom. The summed E-state index contributed by atoms with van der Waals surface area (Å²) in [6, 6.07) is 12.1. The number of benzene rings is 1. The fourth-order valence-corrected chi connectivity index (χ4v) is 2.46. The second-order valence-electron chi connectivity index (χ2n) is 5.00. The quantitative estimate of drug-likeness (QED) is 0.885. The summed E-state index contributed by atoms with van der Waals surface area (Å²) in [6.07, 6.45) is 1.10. The Balaban J connectivity index is 1.95. The van der Waals surface area contributed by atoms with Crippen LogP contribution in [0, 0.1) is 11.3 Å². The van der Waals surface area contributed by atoms with E-state index in [4.69, 9.17) is 5.26 Å². The van der Waals surface area contributed by atoms with Crippen LogP contribution in [0.5, 0.6) is 0 Å². The van der Waals surface area contributed by atoms with Gasteiger partial charge in [-0.25, -0.2) is 0 Å². The van der Waals surface area contributed by atoms with Crippen molar-refractivity contribution in [3.63, 3.8) is 0 Å². The average molecular weight is 257 g/mol. The fraction of sp³-hybridized carbons (Fsp3) is 0.467. The van der Waals surface area contributed by atoms with Gasteiger partial charge in [-0.2, -0.15) is 5.26 Å². The highest BCUT2D eigenvalue weighted by molar-refractivity contribution is 5.83. The van der Waals surface area contributed by atoms with Crippen molar-refractivity contribution in [2.24, 2.45) is 0 Å². The SMILES string of the molecule is CC1CN(CCc2ccccc2)C(=O)C(CC#N)N1. The van der Waals surface area contributed by atoms with Crippen molar-refractivity contribution in [3.05, 3.63) is 35.9 Å². The number of nitrogens with one attached hydrogen (secondary N) is 1. The van der Waals surface area contributed by atoms with E-state index in [0.29, 0.717) is 6.54 Å². The largest absolute Gasteiger partial charge is 0.339 e. The molecule has 1 aliphatic rings. The molecule has 2 rings (SSSR count). The third kappa shape index (κ3) is 3.55. The Labute approximate surface area is 114 Å². The van der Waals surface area contributed by atoms with Gasteiger partial charge in [0.25, 0.3) is 0 Å². The first-order valence-electron chi connectivity index (χ1n) is 6.66. The van der Waals surface area contributed by atoms with Gasteiger partial charge >= 0.3 is 0 Å². The van der Waals surface area contributed by atoms with Crippen LogP contribution in [0.2, 0.25) is 0 Å². The molecule has 1 aromatic carbocycles. The van der Waals surface area contributed by atoms with Crippen molar-refractivity contribution in [1.29, 1.82) is 5.26 Å². The lowest BCUT2D eigenvalue weighted by atomic mass is 10.1. The van der Waals surface area contributed by atoms with Crippen molar-refractivity contribution in [3.8, 4) is 6.07 Å². The molecule has 0 saturated carbocycles. The van der Waals surface area contributed by atoms with Crippen LogP contribution in [-0.2, 0) is 11.2 Å². The first kappa shape index (κ1) is 13.6. The predicted molar refractivity (Wildman–Crippen MR) is 73.3 cm³/mol. The van der Waals surface area contributed by atoms with Crippen molar-refractivity contribution < 1.29 is 4.79 Å². The van der Waals surface area contributed by atoms with Gasteiger partial charge in [0.1, 0.15) is 6.04 Å². The van der Waals surface area contributed by atoms with Crippen LogP contribution in [0.3, 0.4) is 0 Å². The molecule has 1 fully saturated rings. The van der Waals surface area contributed by atoms with E-state index >= 15 is 0 Å². The Morgan fingerprint density at radius 2 is 2.16 bits per heavy atom. The fourth-order valence-electron chi connectivity index (χ4n) is 2.46. The molecule has 0 spiro atoms. The zero-order valence-corrected chi connectivity index (χ0v) is 11.2. The summed E-state index contributed by atoms with van der Waals surface area (Å²) in [7, 11) is 0. The van der Waals surface area contributed by atoms with Crippen molar-refractivity contribution in [2.45, 2.75) is 31.8 Å². The van der Waals surface area contributed by atoms with E-state index in [9.17, 15) is 4.79 Å². The molecule has 1 aromatic rings. The normalized spacial score (nSPS) is 23.2. The third-order valence-corrected chi connectivity index (χ3v) is 3.40. The average Bonchev–Trinajstić information content (AvgIpc) is 2.42. The molecular weight excluding hydrogens is 238 g/mol. The summed E-state index contributed by atoms with van der Waals surface area (Å²) in [5, 5.41) is 11.9. The number of hydrogen-bond donors (Lipinski definition) is 1.